The van der Waals surface area contributed by atoms with E-state index in [4.69, 9.17) is 5.11 Å². The van der Waals surface area contributed by atoms with E-state index < -0.39 is 0 Å². The summed E-state index contributed by atoms with van der Waals surface area (Å²) in [6.45, 7) is 2.23. The molecule has 3 heteroatoms. The Balaban J connectivity index is 1.65. The molecule has 1 saturated carbocycles. The molecule has 2 aliphatic rings. The van der Waals surface area contributed by atoms with Crippen LogP contribution in [0.25, 0.3) is 0 Å². The number of aliphatic hydroxyl groups excluding tert-OH is 2. The molecule has 0 aromatic heterocycles. The van der Waals surface area contributed by atoms with Gasteiger partial charge in [-0.25, -0.2) is 0 Å². The van der Waals surface area contributed by atoms with E-state index in [0.717, 1.165) is 25.1 Å². The van der Waals surface area contributed by atoms with Crippen LogP contribution in [0.4, 0.5) is 0 Å². The first-order valence-corrected chi connectivity index (χ1v) is 7.88. The Morgan fingerprint density at radius 1 is 1.00 bits per heavy atom. The maximum atomic E-state index is 10.1. The van der Waals surface area contributed by atoms with Crippen LogP contribution in [0.5, 0.6) is 0 Å². The molecule has 1 heterocycles. The average molecular weight is 275 g/mol. The maximum absolute atomic E-state index is 10.1. The van der Waals surface area contributed by atoms with E-state index in [1.165, 1.54) is 31.2 Å². The number of hydrogen-bond donors (Lipinski definition) is 2. The standard InChI is InChI=1S/C17H25NO2/c19-12-14-8-6-13(7-9-14)11-18-10-2-4-16(18)15-3-1-5-17(15)20/h6-9,15-17,19-20H,1-5,10-12H2. The third-order valence-corrected chi connectivity index (χ3v) is 5.03. The summed E-state index contributed by atoms with van der Waals surface area (Å²) in [7, 11) is 0. The van der Waals surface area contributed by atoms with Gasteiger partial charge in [-0.1, -0.05) is 30.7 Å². The molecule has 1 saturated heterocycles. The van der Waals surface area contributed by atoms with Crippen LogP contribution in [0.1, 0.15) is 43.2 Å². The van der Waals surface area contributed by atoms with E-state index in [0.29, 0.717) is 12.0 Å². The first-order valence-electron chi connectivity index (χ1n) is 7.88. The van der Waals surface area contributed by atoms with Crippen LogP contribution >= 0.6 is 0 Å². The molecule has 2 N–H and O–H groups in total. The second-order valence-electron chi connectivity index (χ2n) is 6.32. The summed E-state index contributed by atoms with van der Waals surface area (Å²) in [4.78, 5) is 2.55. The van der Waals surface area contributed by atoms with Crippen molar-refractivity contribution in [3.63, 3.8) is 0 Å². The van der Waals surface area contributed by atoms with Crippen LogP contribution in [0.2, 0.25) is 0 Å². The molecule has 1 aromatic carbocycles. The van der Waals surface area contributed by atoms with Crippen molar-refractivity contribution >= 4 is 0 Å². The minimum absolute atomic E-state index is 0.0858. The Kier molecular flexibility index (Phi) is 4.39. The lowest BCUT2D eigenvalue weighted by Crippen LogP contribution is -2.38. The molecule has 1 aliphatic heterocycles. The summed E-state index contributed by atoms with van der Waals surface area (Å²) in [5.74, 6) is 0.481. The van der Waals surface area contributed by atoms with Gasteiger partial charge in [0.1, 0.15) is 0 Å². The normalized spacial score (nSPS) is 31.0. The summed E-state index contributed by atoms with van der Waals surface area (Å²) in [5, 5.41) is 19.2. The van der Waals surface area contributed by atoms with E-state index in [-0.39, 0.29) is 12.7 Å². The van der Waals surface area contributed by atoms with E-state index in [1.54, 1.807) is 0 Å². The van der Waals surface area contributed by atoms with Crippen molar-refractivity contribution in [3.05, 3.63) is 35.4 Å². The van der Waals surface area contributed by atoms with Gasteiger partial charge in [0.15, 0.2) is 0 Å². The minimum atomic E-state index is -0.0858. The van der Waals surface area contributed by atoms with Crippen molar-refractivity contribution in [2.24, 2.45) is 5.92 Å². The Bertz CT molecular complexity index is 431. The zero-order valence-corrected chi connectivity index (χ0v) is 12.0. The highest BCUT2D eigenvalue weighted by atomic mass is 16.3. The van der Waals surface area contributed by atoms with Gasteiger partial charge in [0.05, 0.1) is 12.7 Å². The summed E-state index contributed by atoms with van der Waals surface area (Å²) in [6, 6.07) is 8.80. The second-order valence-corrected chi connectivity index (χ2v) is 6.32. The maximum Gasteiger partial charge on any atom is 0.0681 e. The third kappa shape index (κ3) is 2.90. The molecular formula is C17H25NO2. The van der Waals surface area contributed by atoms with Crippen molar-refractivity contribution in [2.45, 2.75) is 57.4 Å². The summed E-state index contributed by atoms with van der Waals surface area (Å²) in [6.07, 6.45) is 5.75. The Morgan fingerprint density at radius 2 is 1.75 bits per heavy atom. The molecule has 3 atom stereocenters. The molecule has 2 fully saturated rings. The van der Waals surface area contributed by atoms with Crippen molar-refractivity contribution in [1.82, 2.24) is 4.90 Å². The highest BCUT2D eigenvalue weighted by molar-refractivity contribution is 5.22. The molecule has 3 nitrogen and oxygen atoms in total. The molecule has 1 aromatic rings. The largest absolute Gasteiger partial charge is 0.393 e. The van der Waals surface area contributed by atoms with Gasteiger partial charge >= 0.3 is 0 Å². The van der Waals surface area contributed by atoms with Crippen LogP contribution in [-0.4, -0.2) is 33.8 Å². The number of aliphatic hydroxyl groups is 2. The summed E-state index contributed by atoms with van der Waals surface area (Å²) < 4.78 is 0. The molecule has 0 amide bonds. The van der Waals surface area contributed by atoms with Crippen molar-refractivity contribution in [2.75, 3.05) is 6.54 Å². The molecule has 0 radical (unpaired) electrons. The van der Waals surface area contributed by atoms with Gasteiger partial charge in [-0.15, -0.1) is 0 Å². The van der Waals surface area contributed by atoms with Gasteiger partial charge < -0.3 is 10.2 Å². The fourth-order valence-electron chi connectivity index (χ4n) is 3.94. The van der Waals surface area contributed by atoms with Gasteiger partial charge in [-0.05, 0) is 43.4 Å². The van der Waals surface area contributed by atoms with E-state index >= 15 is 0 Å². The average Bonchev–Trinajstić information content (AvgIpc) is 3.08. The smallest absolute Gasteiger partial charge is 0.0681 e. The van der Waals surface area contributed by atoms with Crippen LogP contribution in [0.3, 0.4) is 0 Å². The predicted octanol–water partition coefficient (Wildman–Crippen LogP) is 2.30. The zero-order valence-electron chi connectivity index (χ0n) is 12.0. The Hall–Kier alpha value is -0.900. The van der Waals surface area contributed by atoms with E-state index in [1.807, 2.05) is 12.1 Å². The number of benzene rings is 1. The molecule has 110 valence electrons. The zero-order chi connectivity index (χ0) is 13.9. The predicted molar refractivity (Wildman–Crippen MR) is 79.1 cm³/mol. The number of likely N-dealkylation sites (tertiary alicyclic amines) is 1. The monoisotopic (exact) mass is 275 g/mol. The van der Waals surface area contributed by atoms with Crippen molar-refractivity contribution in [1.29, 1.82) is 0 Å². The molecule has 0 spiro atoms. The lowest BCUT2D eigenvalue weighted by molar-refractivity contribution is 0.0719. The number of rotatable bonds is 4. The topological polar surface area (TPSA) is 43.7 Å². The highest BCUT2D eigenvalue weighted by Crippen LogP contribution is 2.36. The van der Waals surface area contributed by atoms with Crippen LogP contribution < -0.4 is 0 Å². The fourth-order valence-corrected chi connectivity index (χ4v) is 3.94. The van der Waals surface area contributed by atoms with Crippen molar-refractivity contribution < 1.29 is 10.2 Å². The lowest BCUT2D eigenvalue weighted by Gasteiger charge is -2.31. The number of nitrogens with zero attached hydrogens (tertiary/aromatic N) is 1. The third-order valence-electron chi connectivity index (χ3n) is 5.03. The lowest BCUT2D eigenvalue weighted by atomic mass is 9.94. The summed E-state index contributed by atoms with van der Waals surface area (Å²) in [5.41, 5.74) is 2.28. The number of hydrogen-bond acceptors (Lipinski definition) is 3. The van der Waals surface area contributed by atoms with Crippen molar-refractivity contribution in [3.8, 4) is 0 Å². The van der Waals surface area contributed by atoms with Gasteiger partial charge in [-0.2, -0.15) is 0 Å². The molecule has 3 rings (SSSR count). The highest BCUT2D eigenvalue weighted by Gasteiger charge is 2.37. The fraction of sp³-hybridized carbons (Fsp3) is 0.647. The van der Waals surface area contributed by atoms with Gasteiger partial charge in [0, 0.05) is 18.5 Å². The molecule has 20 heavy (non-hydrogen) atoms. The Morgan fingerprint density at radius 3 is 2.40 bits per heavy atom. The van der Waals surface area contributed by atoms with E-state index in [2.05, 4.69) is 17.0 Å². The second kappa shape index (κ2) is 6.25. The van der Waals surface area contributed by atoms with Crippen LogP contribution in [-0.2, 0) is 13.2 Å². The Labute approximate surface area is 121 Å². The quantitative estimate of drug-likeness (QED) is 0.886. The van der Waals surface area contributed by atoms with Crippen LogP contribution in [0, 0.1) is 5.92 Å². The van der Waals surface area contributed by atoms with E-state index in [9.17, 15) is 5.11 Å². The molecular weight excluding hydrogens is 250 g/mol. The van der Waals surface area contributed by atoms with Gasteiger partial charge in [0.2, 0.25) is 0 Å². The van der Waals surface area contributed by atoms with Gasteiger partial charge in [0.25, 0.3) is 0 Å². The molecule has 0 bridgehead atoms. The SMILES string of the molecule is OCc1ccc(CN2CCCC2C2CCCC2O)cc1. The van der Waals surface area contributed by atoms with Gasteiger partial charge in [-0.3, -0.25) is 4.90 Å². The first-order chi connectivity index (χ1) is 9.78. The molecule has 1 aliphatic carbocycles. The van der Waals surface area contributed by atoms with Crippen LogP contribution in [0.15, 0.2) is 24.3 Å². The summed E-state index contributed by atoms with van der Waals surface area (Å²) >= 11 is 0. The molecule has 3 unspecified atom stereocenters. The first kappa shape index (κ1) is 14.1. The minimum Gasteiger partial charge on any atom is -0.393 e.